The number of hydrogen-bond donors (Lipinski definition) is 1. The molecule has 0 aliphatic heterocycles. The van der Waals surface area contributed by atoms with Crippen molar-refractivity contribution in [2.75, 3.05) is 24.8 Å². The minimum atomic E-state index is -0.0925. The Morgan fingerprint density at radius 3 is 2.62 bits per heavy atom. The molecule has 0 aliphatic carbocycles. The van der Waals surface area contributed by atoms with Gasteiger partial charge < -0.3 is 15.4 Å². The Bertz CT molecular complexity index is 664. The fourth-order valence-corrected chi connectivity index (χ4v) is 2.14. The van der Waals surface area contributed by atoms with Crippen LogP contribution in [0.25, 0.3) is 0 Å². The molecule has 0 saturated carbocycles. The van der Waals surface area contributed by atoms with E-state index in [0.29, 0.717) is 11.4 Å². The van der Waals surface area contributed by atoms with Gasteiger partial charge in [-0.3, -0.25) is 9.48 Å². The summed E-state index contributed by atoms with van der Waals surface area (Å²) in [6.07, 6.45) is 0. The molecule has 2 aromatic rings. The maximum Gasteiger partial charge on any atom is 0.248 e. The lowest BCUT2D eigenvalue weighted by Crippen LogP contribution is -2.31. The van der Waals surface area contributed by atoms with Gasteiger partial charge in [0.25, 0.3) is 0 Å². The van der Waals surface area contributed by atoms with Crippen LogP contribution in [0.3, 0.4) is 0 Å². The van der Waals surface area contributed by atoms with E-state index in [1.165, 1.54) is 0 Å². The Hall–Kier alpha value is -2.50. The molecular formula is C15H20N4O2. The number of para-hydroxylation sites is 2. The summed E-state index contributed by atoms with van der Waals surface area (Å²) in [5.74, 6) is 0.561. The van der Waals surface area contributed by atoms with Gasteiger partial charge in [0.1, 0.15) is 12.3 Å². The molecule has 0 unspecified atom stereocenters. The number of carbonyl (C=O) groups excluding carboxylic acids is 1. The Morgan fingerprint density at radius 1 is 1.38 bits per heavy atom. The number of rotatable bonds is 4. The topological polar surface area (TPSA) is 73.4 Å². The van der Waals surface area contributed by atoms with E-state index in [4.69, 9.17) is 10.5 Å². The lowest BCUT2D eigenvalue weighted by molar-refractivity contribution is -0.119. The van der Waals surface area contributed by atoms with Crippen molar-refractivity contribution < 1.29 is 9.53 Å². The molecule has 0 aliphatic rings. The molecule has 0 bridgehead atoms. The Morgan fingerprint density at radius 2 is 2.05 bits per heavy atom. The maximum absolute atomic E-state index is 12.4. The summed E-state index contributed by atoms with van der Waals surface area (Å²) in [5.41, 5.74) is 8.77. The molecule has 6 heteroatoms. The lowest BCUT2D eigenvalue weighted by Gasteiger charge is -2.20. The molecule has 112 valence electrons. The van der Waals surface area contributed by atoms with Crippen molar-refractivity contribution >= 4 is 17.3 Å². The number of nitrogens with two attached hydrogens (primary N) is 1. The highest BCUT2D eigenvalue weighted by Gasteiger charge is 2.17. The molecule has 0 saturated heterocycles. The number of carbonyl (C=O) groups is 1. The highest BCUT2D eigenvalue weighted by molar-refractivity contribution is 5.94. The van der Waals surface area contributed by atoms with Crippen LogP contribution in [0.1, 0.15) is 11.4 Å². The summed E-state index contributed by atoms with van der Waals surface area (Å²) < 4.78 is 6.90. The molecule has 2 rings (SSSR count). The maximum atomic E-state index is 12.4. The molecule has 21 heavy (non-hydrogen) atoms. The molecule has 0 atom stereocenters. The van der Waals surface area contributed by atoms with Crippen LogP contribution in [0, 0.1) is 13.8 Å². The van der Waals surface area contributed by atoms with Crippen LogP contribution in [0.4, 0.5) is 11.4 Å². The number of methoxy groups -OCH3 is 1. The van der Waals surface area contributed by atoms with Gasteiger partial charge in [0.15, 0.2) is 0 Å². The van der Waals surface area contributed by atoms with E-state index in [1.54, 1.807) is 23.7 Å². The monoisotopic (exact) mass is 288 g/mol. The van der Waals surface area contributed by atoms with E-state index in [9.17, 15) is 4.79 Å². The summed E-state index contributed by atoms with van der Waals surface area (Å²) in [7, 11) is 3.30. The molecule has 0 radical (unpaired) electrons. The molecule has 1 aromatic carbocycles. The van der Waals surface area contributed by atoms with E-state index < -0.39 is 0 Å². The third-order valence-corrected chi connectivity index (χ3v) is 3.54. The number of aromatic nitrogens is 2. The second kappa shape index (κ2) is 5.87. The summed E-state index contributed by atoms with van der Waals surface area (Å²) in [4.78, 5) is 14.0. The second-order valence-corrected chi connectivity index (χ2v) is 4.87. The van der Waals surface area contributed by atoms with Crippen molar-refractivity contribution in [3.8, 4) is 5.75 Å². The van der Waals surface area contributed by atoms with Gasteiger partial charge in [-0.25, -0.2) is 0 Å². The average molecular weight is 288 g/mol. The third kappa shape index (κ3) is 2.84. The fraction of sp³-hybridized carbons (Fsp3) is 0.333. The molecular weight excluding hydrogens is 268 g/mol. The summed E-state index contributed by atoms with van der Waals surface area (Å²) in [6, 6.07) is 7.39. The van der Waals surface area contributed by atoms with Crippen molar-refractivity contribution in [3.63, 3.8) is 0 Å². The third-order valence-electron chi connectivity index (χ3n) is 3.54. The lowest BCUT2D eigenvalue weighted by atomic mass is 10.2. The first-order chi connectivity index (χ1) is 9.95. The van der Waals surface area contributed by atoms with Crippen LogP contribution >= 0.6 is 0 Å². The van der Waals surface area contributed by atoms with Crippen LogP contribution in [0.2, 0.25) is 0 Å². The standard InChI is InChI=1S/C15H20N4O2/c1-10-15(16)11(2)19(17-10)9-14(20)18(3)12-7-5-6-8-13(12)21-4/h5-8H,9,16H2,1-4H3. The van der Waals surface area contributed by atoms with Gasteiger partial charge in [0.2, 0.25) is 5.91 Å². The normalized spacial score (nSPS) is 10.5. The van der Waals surface area contributed by atoms with Crippen LogP contribution in [-0.2, 0) is 11.3 Å². The first-order valence-corrected chi connectivity index (χ1v) is 6.64. The first-order valence-electron chi connectivity index (χ1n) is 6.64. The Balaban J connectivity index is 2.21. The molecule has 1 aromatic heterocycles. The van der Waals surface area contributed by atoms with Crippen molar-refractivity contribution in [2.45, 2.75) is 20.4 Å². The number of hydrogen-bond acceptors (Lipinski definition) is 4. The minimum absolute atomic E-state index is 0.0925. The van der Waals surface area contributed by atoms with E-state index in [0.717, 1.165) is 17.1 Å². The Kier molecular flexibility index (Phi) is 4.16. The number of likely N-dealkylation sites (N-methyl/N-ethyl adjacent to an activating group) is 1. The molecule has 2 N–H and O–H groups in total. The smallest absolute Gasteiger partial charge is 0.248 e. The van der Waals surface area contributed by atoms with Crippen molar-refractivity contribution in [1.29, 1.82) is 0 Å². The largest absolute Gasteiger partial charge is 0.495 e. The fourth-order valence-electron chi connectivity index (χ4n) is 2.14. The number of ether oxygens (including phenoxy) is 1. The highest BCUT2D eigenvalue weighted by Crippen LogP contribution is 2.27. The number of amides is 1. The van der Waals surface area contributed by atoms with Crippen LogP contribution in [-0.4, -0.2) is 29.8 Å². The number of nitrogens with zero attached hydrogens (tertiary/aromatic N) is 3. The zero-order valence-electron chi connectivity index (χ0n) is 12.8. The molecule has 0 spiro atoms. The average Bonchev–Trinajstić information content (AvgIpc) is 2.73. The highest BCUT2D eigenvalue weighted by atomic mass is 16.5. The van der Waals surface area contributed by atoms with E-state index in [-0.39, 0.29) is 12.5 Å². The predicted octanol–water partition coefficient (Wildman–Crippen LogP) is 1.75. The van der Waals surface area contributed by atoms with Crippen molar-refractivity contribution in [1.82, 2.24) is 9.78 Å². The van der Waals surface area contributed by atoms with Crippen LogP contribution < -0.4 is 15.4 Å². The zero-order chi connectivity index (χ0) is 15.6. The van der Waals surface area contributed by atoms with E-state index in [1.807, 2.05) is 38.1 Å². The van der Waals surface area contributed by atoms with Gasteiger partial charge in [-0.15, -0.1) is 0 Å². The van der Waals surface area contributed by atoms with Gasteiger partial charge in [-0.05, 0) is 26.0 Å². The van der Waals surface area contributed by atoms with Gasteiger partial charge in [0, 0.05) is 7.05 Å². The molecule has 0 fully saturated rings. The molecule has 6 nitrogen and oxygen atoms in total. The molecule has 1 amide bonds. The van der Waals surface area contributed by atoms with Crippen LogP contribution in [0.5, 0.6) is 5.75 Å². The number of anilines is 2. The SMILES string of the molecule is COc1ccccc1N(C)C(=O)Cn1nc(C)c(N)c1C. The van der Waals surface area contributed by atoms with Crippen molar-refractivity contribution in [2.24, 2.45) is 0 Å². The van der Waals surface area contributed by atoms with Gasteiger partial charge in [0.05, 0.1) is 29.9 Å². The predicted molar refractivity (Wildman–Crippen MR) is 82.5 cm³/mol. The quantitative estimate of drug-likeness (QED) is 0.930. The summed E-state index contributed by atoms with van der Waals surface area (Å²) >= 11 is 0. The second-order valence-electron chi connectivity index (χ2n) is 4.87. The van der Waals surface area contributed by atoms with E-state index >= 15 is 0 Å². The number of aryl methyl sites for hydroxylation is 1. The van der Waals surface area contributed by atoms with Gasteiger partial charge >= 0.3 is 0 Å². The minimum Gasteiger partial charge on any atom is -0.495 e. The van der Waals surface area contributed by atoms with Crippen molar-refractivity contribution in [3.05, 3.63) is 35.7 Å². The molecule has 1 heterocycles. The summed E-state index contributed by atoms with van der Waals surface area (Å²) in [5, 5.41) is 4.28. The number of nitrogen functional groups attached to an aromatic ring is 1. The zero-order valence-corrected chi connectivity index (χ0v) is 12.8. The van der Waals surface area contributed by atoms with Gasteiger partial charge in [-0.2, -0.15) is 5.10 Å². The Labute approximate surface area is 124 Å². The first kappa shape index (κ1) is 14.9. The van der Waals surface area contributed by atoms with Crippen LogP contribution in [0.15, 0.2) is 24.3 Å². The number of benzene rings is 1. The van der Waals surface area contributed by atoms with E-state index in [2.05, 4.69) is 5.10 Å². The van der Waals surface area contributed by atoms with Gasteiger partial charge in [-0.1, -0.05) is 12.1 Å². The summed E-state index contributed by atoms with van der Waals surface area (Å²) in [6.45, 7) is 3.82.